The molecule has 1 rings (SSSR count). The second-order valence-electron chi connectivity index (χ2n) is 3.94. The van der Waals surface area contributed by atoms with Crippen LogP contribution in [-0.2, 0) is 11.2 Å². The van der Waals surface area contributed by atoms with Crippen LogP contribution in [0, 0.1) is 0 Å². The standard InChI is InChI=1S/C13H20N2O/c1-3-15(13(16)11(2)14)10-9-12-7-5-4-6-8-12/h4-8,11H,3,9-10,14H2,1-2H3/t11-/m1/s1. The molecular weight excluding hydrogens is 200 g/mol. The van der Waals surface area contributed by atoms with Gasteiger partial charge in [0.15, 0.2) is 0 Å². The van der Waals surface area contributed by atoms with Crippen LogP contribution < -0.4 is 5.73 Å². The van der Waals surface area contributed by atoms with Crippen molar-refractivity contribution in [3.05, 3.63) is 35.9 Å². The Balaban J connectivity index is 2.49. The van der Waals surface area contributed by atoms with Gasteiger partial charge in [0.1, 0.15) is 0 Å². The summed E-state index contributed by atoms with van der Waals surface area (Å²) < 4.78 is 0. The lowest BCUT2D eigenvalue weighted by atomic mass is 10.1. The average molecular weight is 220 g/mol. The van der Waals surface area contributed by atoms with E-state index in [1.54, 1.807) is 11.8 Å². The molecule has 0 spiro atoms. The summed E-state index contributed by atoms with van der Waals surface area (Å²) >= 11 is 0. The second-order valence-corrected chi connectivity index (χ2v) is 3.94. The van der Waals surface area contributed by atoms with Gasteiger partial charge in [0, 0.05) is 13.1 Å². The highest BCUT2D eigenvalue weighted by Gasteiger charge is 2.14. The van der Waals surface area contributed by atoms with Gasteiger partial charge in [-0.3, -0.25) is 4.79 Å². The maximum absolute atomic E-state index is 11.7. The van der Waals surface area contributed by atoms with Gasteiger partial charge < -0.3 is 10.6 Å². The number of hydrogen-bond acceptors (Lipinski definition) is 2. The lowest BCUT2D eigenvalue weighted by Crippen LogP contribution is -2.42. The monoisotopic (exact) mass is 220 g/mol. The molecule has 1 atom stereocenters. The van der Waals surface area contributed by atoms with E-state index in [-0.39, 0.29) is 5.91 Å². The zero-order valence-corrected chi connectivity index (χ0v) is 10.0. The van der Waals surface area contributed by atoms with E-state index >= 15 is 0 Å². The fourth-order valence-electron chi connectivity index (χ4n) is 1.62. The average Bonchev–Trinajstić information content (AvgIpc) is 2.30. The summed E-state index contributed by atoms with van der Waals surface area (Å²) in [6.07, 6.45) is 0.882. The molecule has 0 radical (unpaired) electrons. The van der Waals surface area contributed by atoms with Crippen molar-refractivity contribution in [2.75, 3.05) is 13.1 Å². The van der Waals surface area contributed by atoms with Gasteiger partial charge in [-0.15, -0.1) is 0 Å². The summed E-state index contributed by atoms with van der Waals surface area (Å²) in [7, 11) is 0. The number of nitrogens with zero attached hydrogens (tertiary/aromatic N) is 1. The number of likely N-dealkylation sites (N-methyl/N-ethyl adjacent to an activating group) is 1. The summed E-state index contributed by atoms with van der Waals surface area (Å²) in [6, 6.07) is 9.76. The van der Waals surface area contributed by atoms with Crippen molar-refractivity contribution in [1.82, 2.24) is 4.90 Å². The first-order valence-corrected chi connectivity index (χ1v) is 5.73. The molecule has 0 unspecified atom stereocenters. The van der Waals surface area contributed by atoms with E-state index < -0.39 is 6.04 Å². The molecule has 0 aliphatic rings. The molecule has 2 N–H and O–H groups in total. The minimum atomic E-state index is -0.407. The largest absolute Gasteiger partial charge is 0.341 e. The van der Waals surface area contributed by atoms with Crippen LogP contribution in [0.1, 0.15) is 19.4 Å². The van der Waals surface area contributed by atoms with Gasteiger partial charge in [0.2, 0.25) is 5.91 Å². The van der Waals surface area contributed by atoms with Crippen molar-refractivity contribution in [2.24, 2.45) is 5.73 Å². The molecule has 1 aromatic rings. The summed E-state index contributed by atoms with van der Waals surface area (Å²) in [6.45, 7) is 5.16. The summed E-state index contributed by atoms with van der Waals surface area (Å²) in [5, 5.41) is 0. The molecule has 88 valence electrons. The Hall–Kier alpha value is -1.35. The molecule has 1 amide bonds. The summed E-state index contributed by atoms with van der Waals surface area (Å²) in [5.74, 6) is 0.0263. The lowest BCUT2D eigenvalue weighted by molar-refractivity contribution is -0.131. The first kappa shape index (κ1) is 12.7. The molecular formula is C13H20N2O. The van der Waals surface area contributed by atoms with Gasteiger partial charge in [0.05, 0.1) is 6.04 Å². The number of rotatable bonds is 5. The van der Waals surface area contributed by atoms with E-state index in [0.29, 0.717) is 6.54 Å². The zero-order valence-electron chi connectivity index (χ0n) is 10.0. The van der Waals surface area contributed by atoms with E-state index in [0.717, 1.165) is 13.0 Å². The Morgan fingerprint density at radius 1 is 1.38 bits per heavy atom. The highest BCUT2D eigenvalue weighted by atomic mass is 16.2. The molecule has 0 aliphatic heterocycles. The number of amides is 1. The first-order valence-electron chi connectivity index (χ1n) is 5.73. The number of hydrogen-bond donors (Lipinski definition) is 1. The summed E-state index contributed by atoms with van der Waals surface area (Å²) in [4.78, 5) is 13.5. The maximum Gasteiger partial charge on any atom is 0.239 e. The van der Waals surface area contributed by atoms with Crippen molar-refractivity contribution in [2.45, 2.75) is 26.3 Å². The SMILES string of the molecule is CCN(CCc1ccccc1)C(=O)[C@@H](C)N. The van der Waals surface area contributed by atoms with Gasteiger partial charge in [-0.1, -0.05) is 30.3 Å². The lowest BCUT2D eigenvalue weighted by Gasteiger charge is -2.22. The van der Waals surface area contributed by atoms with Gasteiger partial charge in [-0.05, 0) is 25.8 Å². The molecule has 0 saturated heterocycles. The van der Waals surface area contributed by atoms with E-state index in [4.69, 9.17) is 5.73 Å². The van der Waals surface area contributed by atoms with Gasteiger partial charge in [0.25, 0.3) is 0 Å². The quantitative estimate of drug-likeness (QED) is 0.816. The number of carbonyl (C=O) groups is 1. The van der Waals surface area contributed by atoms with E-state index in [1.807, 2.05) is 25.1 Å². The Morgan fingerprint density at radius 2 is 2.00 bits per heavy atom. The first-order chi connectivity index (χ1) is 7.65. The van der Waals surface area contributed by atoms with Crippen LogP contribution in [0.3, 0.4) is 0 Å². The van der Waals surface area contributed by atoms with Crippen LogP contribution in [0.15, 0.2) is 30.3 Å². The van der Waals surface area contributed by atoms with Crippen molar-refractivity contribution in [3.63, 3.8) is 0 Å². The smallest absolute Gasteiger partial charge is 0.239 e. The number of nitrogens with two attached hydrogens (primary N) is 1. The van der Waals surface area contributed by atoms with Crippen LogP contribution >= 0.6 is 0 Å². The predicted molar refractivity (Wildman–Crippen MR) is 66.0 cm³/mol. The third-order valence-electron chi connectivity index (χ3n) is 2.60. The molecule has 0 aliphatic carbocycles. The van der Waals surface area contributed by atoms with Gasteiger partial charge in [-0.2, -0.15) is 0 Å². The molecule has 3 heteroatoms. The molecule has 0 fully saturated rings. The summed E-state index contributed by atoms with van der Waals surface area (Å²) in [5.41, 5.74) is 6.84. The molecule has 1 aromatic carbocycles. The van der Waals surface area contributed by atoms with Crippen molar-refractivity contribution >= 4 is 5.91 Å². The maximum atomic E-state index is 11.7. The minimum Gasteiger partial charge on any atom is -0.341 e. The molecule has 3 nitrogen and oxygen atoms in total. The Labute approximate surface area is 97.2 Å². The Morgan fingerprint density at radius 3 is 2.50 bits per heavy atom. The van der Waals surface area contributed by atoms with E-state index in [9.17, 15) is 4.79 Å². The van der Waals surface area contributed by atoms with Crippen molar-refractivity contribution < 1.29 is 4.79 Å². The predicted octanol–water partition coefficient (Wildman–Crippen LogP) is 1.42. The minimum absolute atomic E-state index is 0.0263. The normalized spacial score (nSPS) is 12.2. The van der Waals surface area contributed by atoms with Crippen LogP contribution in [-0.4, -0.2) is 29.9 Å². The fraction of sp³-hybridized carbons (Fsp3) is 0.462. The van der Waals surface area contributed by atoms with Gasteiger partial charge in [-0.25, -0.2) is 0 Å². The Bertz CT molecular complexity index is 322. The van der Waals surface area contributed by atoms with Crippen LogP contribution in [0.4, 0.5) is 0 Å². The molecule has 0 heterocycles. The third kappa shape index (κ3) is 3.66. The van der Waals surface area contributed by atoms with E-state index in [2.05, 4.69) is 12.1 Å². The van der Waals surface area contributed by atoms with Crippen LogP contribution in [0.5, 0.6) is 0 Å². The van der Waals surface area contributed by atoms with Crippen LogP contribution in [0.2, 0.25) is 0 Å². The Kier molecular flexibility index (Phi) is 4.99. The van der Waals surface area contributed by atoms with Crippen LogP contribution in [0.25, 0.3) is 0 Å². The molecule has 0 saturated carbocycles. The van der Waals surface area contributed by atoms with Gasteiger partial charge >= 0.3 is 0 Å². The highest BCUT2D eigenvalue weighted by molar-refractivity contribution is 5.81. The number of carbonyl (C=O) groups excluding carboxylic acids is 1. The van der Waals surface area contributed by atoms with Crippen molar-refractivity contribution in [1.29, 1.82) is 0 Å². The van der Waals surface area contributed by atoms with E-state index in [1.165, 1.54) is 5.56 Å². The third-order valence-corrected chi connectivity index (χ3v) is 2.60. The number of benzene rings is 1. The molecule has 0 bridgehead atoms. The molecule has 0 aromatic heterocycles. The zero-order chi connectivity index (χ0) is 12.0. The highest BCUT2D eigenvalue weighted by Crippen LogP contribution is 2.02. The molecule has 16 heavy (non-hydrogen) atoms. The fourth-order valence-corrected chi connectivity index (χ4v) is 1.62. The second kappa shape index (κ2) is 6.28. The topological polar surface area (TPSA) is 46.3 Å². The van der Waals surface area contributed by atoms with Crippen molar-refractivity contribution in [3.8, 4) is 0 Å².